The maximum Gasteiger partial charge on any atom is 0.300 e. The lowest BCUT2D eigenvalue weighted by Gasteiger charge is -2.03. The van der Waals surface area contributed by atoms with Gasteiger partial charge in [0.25, 0.3) is 6.01 Å². The molecule has 0 aliphatic heterocycles. The lowest BCUT2D eigenvalue weighted by molar-refractivity contribution is 0.449. The Morgan fingerprint density at radius 2 is 1.87 bits per heavy atom. The van der Waals surface area contributed by atoms with Gasteiger partial charge < -0.3 is 9.72 Å². The van der Waals surface area contributed by atoms with Crippen LogP contribution in [0.3, 0.4) is 0 Å². The number of hydrogen-bond acceptors (Lipinski definition) is 3. The van der Waals surface area contributed by atoms with E-state index in [2.05, 4.69) is 22.0 Å². The maximum absolute atomic E-state index is 5.79. The summed E-state index contributed by atoms with van der Waals surface area (Å²) in [5, 5.41) is 4.50. The summed E-state index contributed by atoms with van der Waals surface area (Å²) in [6.45, 7) is 2.94. The molecule has 0 amide bonds. The van der Waals surface area contributed by atoms with Crippen molar-refractivity contribution in [3.63, 3.8) is 0 Å². The normalized spacial score (nSPS) is 11.0. The zero-order valence-electron chi connectivity index (χ0n) is 12.7. The Labute approximate surface area is 133 Å². The molecule has 0 radical (unpaired) electrons. The number of aromatic nitrogens is 4. The first-order chi connectivity index (χ1) is 11.3. The van der Waals surface area contributed by atoms with Gasteiger partial charge in [-0.2, -0.15) is 10.1 Å². The number of fused-ring (bicyclic) bond motifs is 1. The Morgan fingerprint density at radius 1 is 1.04 bits per heavy atom. The van der Waals surface area contributed by atoms with Gasteiger partial charge in [0.05, 0.1) is 16.7 Å². The van der Waals surface area contributed by atoms with Crippen LogP contribution in [0.25, 0.3) is 22.3 Å². The van der Waals surface area contributed by atoms with Crippen LogP contribution in [0.1, 0.15) is 6.92 Å². The molecule has 2 aromatic carbocycles. The standard InChI is InChI=1S/C18H16N4O/c1-2-22-12-11-15(21-22)13-7-9-14(10-8-13)23-18-19-16-5-3-4-6-17(16)20-18/h3-12H,2H2,1H3,(H,19,20). The summed E-state index contributed by atoms with van der Waals surface area (Å²) in [7, 11) is 0. The molecule has 4 rings (SSSR count). The van der Waals surface area contributed by atoms with E-state index in [4.69, 9.17) is 4.74 Å². The molecule has 0 saturated carbocycles. The highest BCUT2D eigenvalue weighted by molar-refractivity contribution is 5.75. The third-order valence-corrected chi connectivity index (χ3v) is 3.70. The molecule has 0 unspecified atom stereocenters. The van der Waals surface area contributed by atoms with Crippen molar-refractivity contribution in [1.82, 2.24) is 19.7 Å². The number of rotatable bonds is 4. The number of benzene rings is 2. The summed E-state index contributed by atoms with van der Waals surface area (Å²) in [4.78, 5) is 7.56. The largest absolute Gasteiger partial charge is 0.426 e. The molecule has 23 heavy (non-hydrogen) atoms. The van der Waals surface area contributed by atoms with Crippen molar-refractivity contribution in [2.24, 2.45) is 0 Å². The van der Waals surface area contributed by atoms with E-state index in [1.165, 1.54) is 0 Å². The minimum absolute atomic E-state index is 0.495. The van der Waals surface area contributed by atoms with Crippen LogP contribution in [-0.4, -0.2) is 19.7 Å². The highest BCUT2D eigenvalue weighted by atomic mass is 16.5. The van der Waals surface area contributed by atoms with Crippen LogP contribution in [-0.2, 0) is 6.54 Å². The Bertz CT molecular complexity index is 904. The van der Waals surface area contributed by atoms with E-state index in [1.807, 2.05) is 65.5 Å². The zero-order valence-corrected chi connectivity index (χ0v) is 12.7. The van der Waals surface area contributed by atoms with Crippen molar-refractivity contribution in [3.8, 4) is 23.0 Å². The zero-order chi connectivity index (χ0) is 15.6. The van der Waals surface area contributed by atoms with Gasteiger partial charge >= 0.3 is 0 Å². The fraction of sp³-hybridized carbons (Fsp3) is 0.111. The van der Waals surface area contributed by atoms with Crippen LogP contribution in [0.2, 0.25) is 0 Å². The number of imidazole rings is 1. The summed E-state index contributed by atoms with van der Waals surface area (Å²) in [6, 6.07) is 18.2. The number of aromatic amines is 1. The quantitative estimate of drug-likeness (QED) is 0.613. The molecular weight excluding hydrogens is 288 g/mol. The van der Waals surface area contributed by atoms with E-state index in [1.54, 1.807) is 0 Å². The van der Waals surface area contributed by atoms with Gasteiger partial charge in [0, 0.05) is 18.3 Å². The number of ether oxygens (including phenoxy) is 1. The molecule has 0 fully saturated rings. The molecule has 2 heterocycles. The molecule has 0 atom stereocenters. The van der Waals surface area contributed by atoms with Gasteiger partial charge in [0.2, 0.25) is 0 Å². The van der Waals surface area contributed by atoms with Crippen molar-refractivity contribution in [1.29, 1.82) is 0 Å². The monoisotopic (exact) mass is 304 g/mol. The Hall–Kier alpha value is -3.08. The lowest BCUT2D eigenvalue weighted by atomic mass is 10.1. The van der Waals surface area contributed by atoms with Gasteiger partial charge in [0.1, 0.15) is 5.75 Å². The molecule has 114 valence electrons. The van der Waals surface area contributed by atoms with Crippen LogP contribution in [0, 0.1) is 0 Å². The molecular formula is C18H16N4O. The van der Waals surface area contributed by atoms with Crippen molar-refractivity contribution >= 4 is 11.0 Å². The second kappa shape index (κ2) is 5.61. The average molecular weight is 304 g/mol. The van der Waals surface area contributed by atoms with Crippen LogP contribution < -0.4 is 4.74 Å². The van der Waals surface area contributed by atoms with E-state index in [0.29, 0.717) is 6.01 Å². The summed E-state index contributed by atoms with van der Waals surface area (Å²) in [5.41, 5.74) is 3.88. The van der Waals surface area contributed by atoms with Gasteiger partial charge in [-0.1, -0.05) is 12.1 Å². The highest BCUT2D eigenvalue weighted by Gasteiger charge is 2.06. The van der Waals surface area contributed by atoms with Crippen LogP contribution in [0.4, 0.5) is 0 Å². The first-order valence-electron chi connectivity index (χ1n) is 7.58. The predicted molar refractivity (Wildman–Crippen MR) is 89.5 cm³/mol. The van der Waals surface area contributed by atoms with Crippen LogP contribution >= 0.6 is 0 Å². The van der Waals surface area contributed by atoms with E-state index >= 15 is 0 Å². The molecule has 5 heteroatoms. The minimum atomic E-state index is 0.495. The average Bonchev–Trinajstić information content (AvgIpc) is 3.21. The van der Waals surface area contributed by atoms with E-state index < -0.39 is 0 Å². The molecule has 0 aliphatic carbocycles. The Balaban J connectivity index is 1.55. The molecule has 0 aliphatic rings. The van der Waals surface area contributed by atoms with Crippen molar-refractivity contribution in [3.05, 3.63) is 60.8 Å². The van der Waals surface area contributed by atoms with Gasteiger partial charge in [-0.05, 0) is 49.4 Å². The number of aryl methyl sites for hydroxylation is 1. The fourth-order valence-corrected chi connectivity index (χ4v) is 2.47. The minimum Gasteiger partial charge on any atom is -0.426 e. The van der Waals surface area contributed by atoms with Gasteiger partial charge in [0.15, 0.2) is 0 Å². The molecule has 2 aromatic heterocycles. The third kappa shape index (κ3) is 2.68. The van der Waals surface area contributed by atoms with E-state index in [0.717, 1.165) is 34.6 Å². The predicted octanol–water partition coefficient (Wildman–Crippen LogP) is 4.24. The Kier molecular flexibility index (Phi) is 3.31. The van der Waals surface area contributed by atoms with E-state index in [-0.39, 0.29) is 0 Å². The van der Waals surface area contributed by atoms with Crippen molar-refractivity contribution in [2.75, 3.05) is 0 Å². The summed E-state index contributed by atoms with van der Waals surface area (Å²) in [6.07, 6.45) is 1.98. The Morgan fingerprint density at radius 3 is 2.61 bits per heavy atom. The van der Waals surface area contributed by atoms with Gasteiger partial charge in [-0.25, -0.2) is 0 Å². The molecule has 4 aromatic rings. The first kappa shape index (κ1) is 13.6. The number of H-pyrrole nitrogens is 1. The smallest absolute Gasteiger partial charge is 0.300 e. The number of hydrogen-bond donors (Lipinski definition) is 1. The van der Waals surface area contributed by atoms with Crippen LogP contribution in [0.15, 0.2) is 60.8 Å². The fourth-order valence-electron chi connectivity index (χ4n) is 2.47. The number of para-hydroxylation sites is 2. The number of nitrogens with one attached hydrogen (secondary N) is 1. The summed E-state index contributed by atoms with van der Waals surface area (Å²) < 4.78 is 7.70. The van der Waals surface area contributed by atoms with Crippen molar-refractivity contribution < 1.29 is 4.74 Å². The second-order valence-corrected chi connectivity index (χ2v) is 5.24. The molecule has 0 bridgehead atoms. The second-order valence-electron chi connectivity index (χ2n) is 5.24. The van der Waals surface area contributed by atoms with E-state index in [9.17, 15) is 0 Å². The maximum atomic E-state index is 5.79. The molecule has 1 N–H and O–H groups in total. The first-order valence-corrected chi connectivity index (χ1v) is 7.58. The molecule has 0 spiro atoms. The molecule has 5 nitrogen and oxygen atoms in total. The van der Waals surface area contributed by atoms with Crippen LogP contribution in [0.5, 0.6) is 11.8 Å². The van der Waals surface area contributed by atoms with Crippen molar-refractivity contribution in [2.45, 2.75) is 13.5 Å². The lowest BCUT2D eigenvalue weighted by Crippen LogP contribution is -1.93. The number of nitrogens with zero attached hydrogens (tertiary/aromatic N) is 3. The van der Waals surface area contributed by atoms with Gasteiger partial charge in [-0.15, -0.1) is 0 Å². The topological polar surface area (TPSA) is 55.7 Å². The third-order valence-electron chi connectivity index (χ3n) is 3.70. The highest BCUT2D eigenvalue weighted by Crippen LogP contribution is 2.25. The molecule has 0 saturated heterocycles. The SMILES string of the molecule is CCn1ccc(-c2ccc(Oc3nc4ccccc4[nH]3)cc2)n1. The summed E-state index contributed by atoms with van der Waals surface area (Å²) in [5.74, 6) is 0.739. The summed E-state index contributed by atoms with van der Waals surface area (Å²) >= 11 is 0. The van der Waals surface area contributed by atoms with Gasteiger partial charge in [-0.3, -0.25) is 4.68 Å².